The van der Waals surface area contributed by atoms with Gasteiger partial charge in [0.05, 0.1) is 6.42 Å². The van der Waals surface area contributed by atoms with Gasteiger partial charge in [0.25, 0.3) is 0 Å². The average molecular weight is 465 g/mol. The van der Waals surface area contributed by atoms with E-state index in [0.717, 1.165) is 12.8 Å². The van der Waals surface area contributed by atoms with Crippen molar-refractivity contribution in [3.63, 3.8) is 0 Å². The van der Waals surface area contributed by atoms with E-state index in [1.807, 2.05) is 38.1 Å². The Hall–Kier alpha value is -3.35. The van der Waals surface area contributed by atoms with Crippen molar-refractivity contribution in [2.45, 2.75) is 51.5 Å². The van der Waals surface area contributed by atoms with Crippen molar-refractivity contribution in [1.82, 2.24) is 10.6 Å². The lowest BCUT2D eigenvalue weighted by Gasteiger charge is -2.35. The number of carbonyl (C=O) groups excluding carboxylic acids is 2. The van der Waals surface area contributed by atoms with Gasteiger partial charge in [0, 0.05) is 24.9 Å². The molecule has 34 heavy (non-hydrogen) atoms. The van der Waals surface area contributed by atoms with Crippen LogP contribution in [0.1, 0.15) is 56.6 Å². The number of benzene rings is 2. The summed E-state index contributed by atoms with van der Waals surface area (Å²) in [4.78, 5) is 35.5. The van der Waals surface area contributed by atoms with Gasteiger partial charge in [-0.05, 0) is 46.4 Å². The van der Waals surface area contributed by atoms with E-state index < -0.39 is 17.5 Å². The van der Waals surface area contributed by atoms with Crippen molar-refractivity contribution >= 4 is 18.0 Å². The van der Waals surface area contributed by atoms with Crippen LogP contribution in [0.2, 0.25) is 0 Å². The number of alkyl carbamates (subject to hydrolysis) is 1. The highest BCUT2D eigenvalue weighted by Crippen LogP contribution is 2.44. The molecule has 2 aliphatic carbocycles. The maximum atomic E-state index is 12.4. The summed E-state index contributed by atoms with van der Waals surface area (Å²) < 4.78 is 5.59. The molecule has 2 aliphatic rings. The standard InChI is InChI=1S/C27H32N2O5/c1-27(2,14-25(31)32)16-28-24(30)13-17-11-18(12-17)29-26(33)34-15-23-21-9-5-3-7-19(21)20-8-4-6-10-22(20)23/h3-10,17-18,23H,11-16H2,1-2H3,(H,28,30)(H,29,33)(H,31,32). The summed E-state index contributed by atoms with van der Waals surface area (Å²) >= 11 is 0. The lowest BCUT2D eigenvalue weighted by atomic mass is 9.78. The second-order valence-corrected chi connectivity index (χ2v) is 10.2. The molecule has 2 aromatic rings. The molecule has 0 heterocycles. The van der Waals surface area contributed by atoms with Crippen molar-refractivity contribution in [2.24, 2.45) is 11.3 Å². The number of fused-ring (bicyclic) bond motifs is 3. The number of hydrogen-bond acceptors (Lipinski definition) is 4. The molecule has 3 N–H and O–H groups in total. The van der Waals surface area contributed by atoms with Gasteiger partial charge >= 0.3 is 12.1 Å². The Kier molecular flexibility index (Phi) is 6.91. The highest BCUT2D eigenvalue weighted by atomic mass is 16.5. The van der Waals surface area contributed by atoms with Crippen LogP contribution in [0.5, 0.6) is 0 Å². The van der Waals surface area contributed by atoms with Gasteiger partial charge in [-0.25, -0.2) is 4.79 Å². The van der Waals surface area contributed by atoms with Crippen molar-refractivity contribution < 1.29 is 24.2 Å². The van der Waals surface area contributed by atoms with Crippen LogP contribution in [0.15, 0.2) is 48.5 Å². The Morgan fingerprint density at radius 3 is 2.18 bits per heavy atom. The molecule has 0 bridgehead atoms. The van der Waals surface area contributed by atoms with Crippen molar-refractivity contribution in [1.29, 1.82) is 0 Å². The first-order valence-corrected chi connectivity index (χ1v) is 11.8. The van der Waals surface area contributed by atoms with Gasteiger partial charge < -0.3 is 20.5 Å². The van der Waals surface area contributed by atoms with Crippen LogP contribution in [0.3, 0.4) is 0 Å². The third-order valence-corrected chi connectivity index (χ3v) is 6.77. The van der Waals surface area contributed by atoms with E-state index in [1.165, 1.54) is 22.3 Å². The van der Waals surface area contributed by atoms with Crippen LogP contribution in [0.4, 0.5) is 4.79 Å². The minimum atomic E-state index is -0.875. The van der Waals surface area contributed by atoms with E-state index in [4.69, 9.17) is 9.84 Å². The normalized spacial score (nSPS) is 18.9. The second-order valence-electron chi connectivity index (χ2n) is 10.2. The molecule has 180 valence electrons. The van der Waals surface area contributed by atoms with Gasteiger partial charge in [-0.1, -0.05) is 62.4 Å². The molecule has 0 aliphatic heterocycles. The van der Waals surface area contributed by atoms with Crippen molar-refractivity contribution in [2.75, 3.05) is 13.2 Å². The fraction of sp³-hybridized carbons (Fsp3) is 0.444. The van der Waals surface area contributed by atoms with Crippen molar-refractivity contribution in [3.8, 4) is 11.1 Å². The highest BCUT2D eigenvalue weighted by Gasteiger charge is 2.34. The third kappa shape index (κ3) is 5.58. The van der Waals surface area contributed by atoms with Crippen LogP contribution >= 0.6 is 0 Å². The summed E-state index contributed by atoms with van der Waals surface area (Å²) in [5.74, 6) is -0.716. The van der Waals surface area contributed by atoms with E-state index in [2.05, 4.69) is 34.9 Å². The minimum Gasteiger partial charge on any atom is -0.481 e. The number of amides is 2. The van der Waals surface area contributed by atoms with Crippen LogP contribution in [-0.4, -0.2) is 42.3 Å². The predicted molar refractivity (Wildman–Crippen MR) is 128 cm³/mol. The topological polar surface area (TPSA) is 105 Å². The van der Waals surface area contributed by atoms with Crippen LogP contribution in [0, 0.1) is 11.3 Å². The fourth-order valence-electron chi connectivity index (χ4n) is 4.97. The Labute approximate surface area is 199 Å². The van der Waals surface area contributed by atoms with Crippen LogP contribution in [0.25, 0.3) is 11.1 Å². The van der Waals surface area contributed by atoms with Gasteiger partial charge in [-0.15, -0.1) is 0 Å². The number of aliphatic carboxylic acids is 1. The quantitative estimate of drug-likeness (QED) is 0.513. The van der Waals surface area contributed by atoms with E-state index in [9.17, 15) is 14.4 Å². The molecule has 1 fully saturated rings. The maximum Gasteiger partial charge on any atom is 0.407 e. The SMILES string of the molecule is CC(C)(CNC(=O)CC1CC(NC(=O)OCC2c3ccccc3-c3ccccc32)C1)CC(=O)O. The summed E-state index contributed by atoms with van der Waals surface area (Å²) in [5, 5.41) is 14.7. The molecule has 1 saturated carbocycles. The van der Waals surface area contributed by atoms with Gasteiger partial charge in [0.2, 0.25) is 5.91 Å². The number of carboxylic acid groups (broad SMARTS) is 1. The molecule has 4 rings (SSSR count). The second kappa shape index (κ2) is 9.87. The molecule has 7 heteroatoms. The number of nitrogens with one attached hydrogen (secondary N) is 2. The average Bonchev–Trinajstić information content (AvgIpc) is 3.08. The molecular weight excluding hydrogens is 432 g/mol. The first kappa shape index (κ1) is 23.8. The lowest BCUT2D eigenvalue weighted by molar-refractivity contribution is -0.139. The first-order chi connectivity index (χ1) is 16.2. The van der Waals surface area contributed by atoms with Crippen LogP contribution in [-0.2, 0) is 14.3 Å². The summed E-state index contributed by atoms with van der Waals surface area (Å²) in [5.41, 5.74) is 4.25. The molecule has 0 aromatic heterocycles. The Morgan fingerprint density at radius 2 is 1.59 bits per heavy atom. The van der Waals surface area contributed by atoms with E-state index in [-0.39, 0.29) is 36.8 Å². The largest absolute Gasteiger partial charge is 0.481 e. The minimum absolute atomic E-state index is 0.00282. The van der Waals surface area contributed by atoms with Crippen molar-refractivity contribution in [3.05, 3.63) is 59.7 Å². The van der Waals surface area contributed by atoms with Gasteiger partial charge in [0.1, 0.15) is 6.61 Å². The third-order valence-electron chi connectivity index (χ3n) is 6.77. The number of carboxylic acids is 1. The van der Waals surface area contributed by atoms with Gasteiger partial charge in [-0.3, -0.25) is 9.59 Å². The summed E-state index contributed by atoms with van der Waals surface area (Å²) in [6.45, 7) is 4.25. The number of ether oxygens (including phenoxy) is 1. The fourth-order valence-corrected chi connectivity index (χ4v) is 4.97. The Balaban J connectivity index is 1.18. The highest BCUT2D eigenvalue weighted by molar-refractivity contribution is 5.79. The molecule has 2 aromatic carbocycles. The molecule has 0 atom stereocenters. The molecule has 0 saturated heterocycles. The monoisotopic (exact) mass is 464 g/mol. The lowest BCUT2D eigenvalue weighted by Crippen LogP contribution is -2.46. The Morgan fingerprint density at radius 1 is 1.00 bits per heavy atom. The molecule has 0 spiro atoms. The predicted octanol–water partition coefficient (Wildman–Crippen LogP) is 4.31. The van der Waals surface area contributed by atoms with Crippen LogP contribution < -0.4 is 10.6 Å². The van der Waals surface area contributed by atoms with E-state index in [0.29, 0.717) is 13.0 Å². The molecule has 7 nitrogen and oxygen atoms in total. The van der Waals surface area contributed by atoms with E-state index >= 15 is 0 Å². The maximum absolute atomic E-state index is 12.4. The zero-order chi connectivity index (χ0) is 24.3. The molecule has 0 unspecified atom stereocenters. The zero-order valence-electron chi connectivity index (χ0n) is 19.7. The molecular formula is C27H32N2O5. The van der Waals surface area contributed by atoms with Gasteiger partial charge in [0.15, 0.2) is 0 Å². The number of hydrogen-bond donors (Lipinski definition) is 3. The molecule has 0 radical (unpaired) electrons. The summed E-state index contributed by atoms with van der Waals surface area (Å²) in [7, 11) is 0. The zero-order valence-corrected chi connectivity index (χ0v) is 19.7. The number of carbonyl (C=O) groups is 3. The van der Waals surface area contributed by atoms with E-state index in [1.54, 1.807) is 0 Å². The smallest absolute Gasteiger partial charge is 0.407 e. The first-order valence-electron chi connectivity index (χ1n) is 11.8. The summed E-state index contributed by atoms with van der Waals surface area (Å²) in [6.07, 6.45) is 1.42. The van der Waals surface area contributed by atoms with Gasteiger partial charge in [-0.2, -0.15) is 0 Å². The molecule has 2 amide bonds. The summed E-state index contributed by atoms with van der Waals surface area (Å²) in [6, 6.07) is 16.5. The Bertz CT molecular complexity index is 1030. The number of rotatable bonds is 9.